The van der Waals surface area contributed by atoms with Crippen LogP contribution in [0.5, 0.6) is 0 Å². The molecule has 1 heterocycles. The molecule has 0 aromatic heterocycles. The lowest BCUT2D eigenvalue weighted by Crippen LogP contribution is -2.55. The van der Waals surface area contributed by atoms with Crippen LogP contribution in [0.15, 0.2) is 0 Å². The Bertz CT molecular complexity index is 293. The van der Waals surface area contributed by atoms with Gasteiger partial charge in [-0.05, 0) is 67.3 Å². The molecule has 0 radical (unpaired) electrons. The number of hydrogen-bond acceptors (Lipinski definition) is 3. The third-order valence-corrected chi connectivity index (χ3v) is 4.61. The van der Waals surface area contributed by atoms with Gasteiger partial charge in [-0.2, -0.15) is 0 Å². The predicted octanol–water partition coefficient (Wildman–Crippen LogP) is 3.21. The molecule has 0 amide bonds. The second kappa shape index (κ2) is 7.43. The Morgan fingerprint density at radius 3 is 1.86 bits per heavy atom. The summed E-state index contributed by atoms with van der Waals surface area (Å²) in [5.41, 5.74) is 0.551. The fourth-order valence-corrected chi connectivity index (χ4v) is 3.13. The van der Waals surface area contributed by atoms with E-state index < -0.39 is 0 Å². The molecule has 126 valence electrons. The van der Waals surface area contributed by atoms with Crippen molar-refractivity contribution < 1.29 is 0 Å². The molecular formula is C18H39N3. The fourth-order valence-electron chi connectivity index (χ4n) is 3.13. The van der Waals surface area contributed by atoms with Crippen molar-refractivity contribution in [2.24, 2.45) is 5.92 Å². The topological polar surface area (TPSA) is 18.5 Å². The van der Waals surface area contributed by atoms with Crippen LogP contribution in [0.3, 0.4) is 0 Å². The van der Waals surface area contributed by atoms with Gasteiger partial charge in [0.15, 0.2) is 0 Å². The predicted molar refractivity (Wildman–Crippen MR) is 93.9 cm³/mol. The fraction of sp³-hybridized carbons (Fsp3) is 1.00. The van der Waals surface area contributed by atoms with E-state index in [1.807, 2.05) is 0 Å². The second-order valence-corrected chi connectivity index (χ2v) is 9.01. The van der Waals surface area contributed by atoms with E-state index in [0.29, 0.717) is 11.6 Å². The summed E-state index contributed by atoms with van der Waals surface area (Å²) in [6.07, 6.45) is 1.29. The van der Waals surface area contributed by atoms with Crippen molar-refractivity contribution in [3.05, 3.63) is 0 Å². The van der Waals surface area contributed by atoms with Crippen LogP contribution in [-0.4, -0.2) is 59.6 Å². The number of piperazine rings is 1. The summed E-state index contributed by atoms with van der Waals surface area (Å²) >= 11 is 0. The first-order valence-electron chi connectivity index (χ1n) is 8.73. The zero-order valence-electron chi connectivity index (χ0n) is 15.8. The van der Waals surface area contributed by atoms with E-state index in [-0.39, 0.29) is 5.54 Å². The van der Waals surface area contributed by atoms with Crippen molar-refractivity contribution >= 4 is 0 Å². The molecule has 2 unspecified atom stereocenters. The Hall–Kier alpha value is -0.120. The van der Waals surface area contributed by atoms with E-state index in [1.54, 1.807) is 0 Å². The van der Waals surface area contributed by atoms with E-state index >= 15 is 0 Å². The van der Waals surface area contributed by atoms with Crippen molar-refractivity contribution in [3.8, 4) is 0 Å². The summed E-state index contributed by atoms with van der Waals surface area (Å²) in [5, 5.41) is 3.63. The number of nitrogens with zero attached hydrogens (tertiary/aromatic N) is 2. The van der Waals surface area contributed by atoms with E-state index in [4.69, 9.17) is 0 Å². The van der Waals surface area contributed by atoms with Crippen molar-refractivity contribution in [1.29, 1.82) is 0 Å². The molecular weight excluding hydrogens is 258 g/mol. The molecule has 0 aliphatic carbocycles. The Kier molecular flexibility index (Phi) is 6.70. The minimum Gasteiger partial charge on any atom is -0.312 e. The highest BCUT2D eigenvalue weighted by Crippen LogP contribution is 2.19. The molecule has 1 saturated heterocycles. The molecule has 1 fully saturated rings. The zero-order valence-corrected chi connectivity index (χ0v) is 15.8. The van der Waals surface area contributed by atoms with Crippen LogP contribution in [0.4, 0.5) is 0 Å². The average molecular weight is 298 g/mol. The molecule has 2 atom stereocenters. The minimum atomic E-state index is 0.232. The molecule has 1 aliphatic rings. The molecule has 1 rings (SSSR count). The molecule has 3 heteroatoms. The van der Waals surface area contributed by atoms with Gasteiger partial charge in [0.1, 0.15) is 0 Å². The zero-order chi connectivity index (χ0) is 16.3. The van der Waals surface area contributed by atoms with Gasteiger partial charge in [0.05, 0.1) is 0 Å². The maximum absolute atomic E-state index is 3.63. The highest BCUT2D eigenvalue weighted by molar-refractivity contribution is 4.84. The Morgan fingerprint density at radius 2 is 1.43 bits per heavy atom. The van der Waals surface area contributed by atoms with E-state index in [0.717, 1.165) is 12.5 Å². The van der Waals surface area contributed by atoms with Crippen LogP contribution in [0, 0.1) is 5.92 Å². The third kappa shape index (κ3) is 7.12. The molecule has 0 aromatic carbocycles. The molecule has 0 saturated carbocycles. The molecule has 0 spiro atoms. The first-order chi connectivity index (χ1) is 9.49. The van der Waals surface area contributed by atoms with Crippen LogP contribution >= 0.6 is 0 Å². The summed E-state index contributed by atoms with van der Waals surface area (Å²) < 4.78 is 0. The molecule has 1 N–H and O–H groups in total. The maximum atomic E-state index is 3.63. The lowest BCUT2D eigenvalue weighted by atomic mass is 9.98. The molecule has 1 aliphatic heterocycles. The van der Waals surface area contributed by atoms with E-state index in [1.165, 1.54) is 32.6 Å². The summed E-state index contributed by atoms with van der Waals surface area (Å²) in [4.78, 5) is 5.29. The molecule has 3 nitrogen and oxygen atoms in total. The van der Waals surface area contributed by atoms with Gasteiger partial charge in [0, 0.05) is 43.3 Å². The first-order valence-corrected chi connectivity index (χ1v) is 8.73. The third-order valence-electron chi connectivity index (χ3n) is 4.61. The van der Waals surface area contributed by atoms with Crippen LogP contribution in [0.2, 0.25) is 0 Å². The highest BCUT2D eigenvalue weighted by atomic mass is 15.3. The summed E-state index contributed by atoms with van der Waals surface area (Å²) in [6.45, 7) is 24.5. The second-order valence-electron chi connectivity index (χ2n) is 9.01. The number of rotatable bonds is 5. The van der Waals surface area contributed by atoms with Gasteiger partial charge >= 0.3 is 0 Å². The Labute approximate surface area is 133 Å². The van der Waals surface area contributed by atoms with Crippen molar-refractivity contribution in [2.75, 3.05) is 32.7 Å². The van der Waals surface area contributed by atoms with Gasteiger partial charge in [-0.25, -0.2) is 0 Å². The molecule has 0 aromatic rings. The number of nitrogens with one attached hydrogen (secondary N) is 1. The summed E-state index contributed by atoms with van der Waals surface area (Å²) in [7, 11) is 0. The summed E-state index contributed by atoms with van der Waals surface area (Å²) in [6, 6.07) is 0.698. The van der Waals surface area contributed by atoms with Gasteiger partial charge in [-0.1, -0.05) is 6.92 Å². The Balaban J connectivity index is 2.32. The lowest BCUT2D eigenvalue weighted by Gasteiger charge is -2.44. The van der Waals surface area contributed by atoms with Gasteiger partial charge in [0.2, 0.25) is 0 Å². The van der Waals surface area contributed by atoms with Crippen LogP contribution < -0.4 is 5.32 Å². The van der Waals surface area contributed by atoms with Crippen LogP contribution in [-0.2, 0) is 0 Å². The first kappa shape index (κ1) is 18.9. The van der Waals surface area contributed by atoms with Gasteiger partial charge in [-0.15, -0.1) is 0 Å². The largest absolute Gasteiger partial charge is 0.312 e. The normalized spacial score (nSPS) is 22.3. The van der Waals surface area contributed by atoms with Crippen molar-refractivity contribution in [1.82, 2.24) is 15.1 Å². The average Bonchev–Trinajstić information content (AvgIpc) is 2.34. The van der Waals surface area contributed by atoms with E-state index in [9.17, 15) is 0 Å². The maximum Gasteiger partial charge on any atom is 0.0126 e. The lowest BCUT2D eigenvalue weighted by molar-refractivity contribution is 0.0407. The summed E-state index contributed by atoms with van der Waals surface area (Å²) in [5.74, 6) is 0.736. The van der Waals surface area contributed by atoms with Crippen molar-refractivity contribution in [3.63, 3.8) is 0 Å². The quantitative estimate of drug-likeness (QED) is 0.840. The van der Waals surface area contributed by atoms with Gasteiger partial charge < -0.3 is 5.32 Å². The van der Waals surface area contributed by atoms with Gasteiger partial charge in [-0.3, -0.25) is 9.80 Å². The SMILES string of the molecule is CC(CNC(C)(C)C)CC(C)N1CCN(C(C)(C)C)CC1. The van der Waals surface area contributed by atoms with Crippen molar-refractivity contribution in [2.45, 2.75) is 78.9 Å². The highest BCUT2D eigenvalue weighted by Gasteiger charge is 2.28. The van der Waals surface area contributed by atoms with Crippen LogP contribution in [0.1, 0.15) is 61.8 Å². The number of hydrogen-bond donors (Lipinski definition) is 1. The van der Waals surface area contributed by atoms with Gasteiger partial charge in [0.25, 0.3) is 0 Å². The molecule has 21 heavy (non-hydrogen) atoms. The Morgan fingerprint density at radius 1 is 0.905 bits per heavy atom. The monoisotopic (exact) mass is 297 g/mol. The van der Waals surface area contributed by atoms with E-state index in [2.05, 4.69) is 70.5 Å². The molecule has 0 bridgehead atoms. The standard InChI is InChI=1S/C18H39N3/c1-15(14-19-17(3,4)5)13-16(2)20-9-11-21(12-10-20)18(6,7)8/h15-16,19H,9-14H2,1-8H3. The minimum absolute atomic E-state index is 0.232. The van der Waals surface area contributed by atoms with Crippen LogP contribution in [0.25, 0.3) is 0 Å². The smallest absolute Gasteiger partial charge is 0.0126 e.